The second-order valence-corrected chi connectivity index (χ2v) is 10.1. The van der Waals surface area contributed by atoms with Crippen molar-refractivity contribution in [3.63, 3.8) is 0 Å². The van der Waals surface area contributed by atoms with Crippen molar-refractivity contribution >= 4 is 16.8 Å². The van der Waals surface area contributed by atoms with E-state index in [0.717, 1.165) is 32.0 Å². The molecule has 4 heterocycles. The van der Waals surface area contributed by atoms with E-state index < -0.39 is 0 Å². The Balaban J connectivity index is 1.20. The van der Waals surface area contributed by atoms with E-state index >= 15 is 0 Å². The molecule has 4 atom stereocenters. The second-order valence-electron chi connectivity index (χ2n) is 10.1. The molecule has 3 unspecified atom stereocenters. The number of nitrogens with one attached hydrogen (secondary N) is 1. The zero-order valence-corrected chi connectivity index (χ0v) is 18.6. The number of piperidine rings is 3. The Morgan fingerprint density at radius 3 is 3.00 bits per heavy atom. The third-order valence-electron chi connectivity index (χ3n) is 8.22. The molecule has 3 fully saturated rings. The van der Waals surface area contributed by atoms with Gasteiger partial charge in [-0.2, -0.15) is 0 Å². The third kappa shape index (κ3) is 3.49. The van der Waals surface area contributed by atoms with E-state index in [2.05, 4.69) is 25.8 Å². The standard InChI is InChI=1S/C26H32N4O2/c31-24(11-10-23-27-21-8-2-1-7-20(21)26(32)28-23)30-13-5-6-17-14-18-15-19(25(17)30)16-29-12-4-3-9-22(18)29/h1-2,7-8,14,18-19,22,25H,3-6,9-13,15-16H2,(H,27,28,32)/t18-,19?,22?,25?/m0/s1. The third-order valence-corrected chi connectivity index (χ3v) is 8.22. The molecular weight excluding hydrogens is 400 g/mol. The van der Waals surface area contributed by atoms with Crippen LogP contribution in [-0.2, 0) is 11.2 Å². The van der Waals surface area contributed by atoms with Crippen LogP contribution in [0, 0.1) is 11.8 Å². The fourth-order valence-electron chi connectivity index (χ4n) is 6.88. The summed E-state index contributed by atoms with van der Waals surface area (Å²) in [7, 11) is 0. The van der Waals surface area contributed by atoms with E-state index in [4.69, 9.17) is 0 Å². The molecule has 0 saturated carbocycles. The summed E-state index contributed by atoms with van der Waals surface area (Å²) in [6, 6.07) is 8.38. The van der Waals surface area contributed by atoms with Gasteiger partial charge in [0, 0.05) is 32.0 Å². The average Bonchev–Trinajstić information content (AvgIpc) is 2.82. The van der Waals surface area contributed by atoms with Gasteiger partial charge in [-0.25, -0.2) is 4.98 Å². The number of H-pyrrole nitrogens is 1. The molecule has 1 aromatic heterocycles. The van der Waals surface area contributed by atoms with Crippen LogP contribution in [0.4, 0.5) is 0 Å². The molecule has 0 spiro atoms. The molecule has 2 bridgehead atoms. The number of aromatic nitrogens is 2. The van der Waals surface area contributed by atoms with Gasteiger partial charge in [-0.3, -0.25) is 14.5 Å². The molecule has 2 aromatic rings. The summed E-state index contributed by atoms with van der Waals surface area (Å²) in [5, 5.41) is 0.596. The molecule has 3 aliphatic heterocycles. The molecular formula is C26H32N4O2. The molecule has 4 aliphatic rings. The first-order valence-corrected chi connectivity index (χ1v) is 12.4. The highest BCUT2D eigenvalue weighted by atomic mass is 16.2. The number of carbonyl (C=O) groups is 1. The van der Waals surface area contributed by atoms with Gasteiger partial charge in [0.25, 0.3) is 5.56 Å². The van der Waals surface area contributed by atoms with Crippen LogP contribution in [0.2, 0.25) is 0 Å². The lowest BCUT2D eigenvalue weighted by molar-refractivity contribution is -0.136. The van der Waals surface area contributed by atoms with E-state index in [1.807, 2.05) is 18.2 Å². The van der Waals surface area contributed by atoms with Crippen molar-refractivity contribution in [2.45, 2.75) is 63.5 Å². The van der Waals surface area contributed by atoms with Crippen molar-refractivity contribution in [3.8, 4) is 0 Å². The number of nitrogens with zero attached hydrogens (tertiary/aromatic N) is 3. The van der Waals surface area contributed by atoms with Gasteiger partial charge in [-0.05, 0) is 62.6 Å². The number of fused-ring (bicyclic) bond motifs is 7. The smallest absolute Gasteiger partial charge is 0.258 e. The number of hydrogen-bond donors (Lipinski definition) is 1. The number of carbonyl (C=O) groups excluding carboxylic acids is 1. The summed E-state index contributed by atoms with van der Waals surface area (Å²) in [4.78, 5) is 38.1. The lowest BCUT2D eigenvalue weighted by atomic mass is 9.68. The molecule has 1 N–H and O–H groups in total. The van der Waals surface area contributed by atoms with Crippen molar-refractivity contribution in [1.82, 2.24) is 19.8 Å². The van der Waals surface area contributed by atoms with Crippen LogP contribution < -0.4 is 5.56 Å². The maximum Gasteiger partial charge on any atom is 0.258 e. The first kappa shape index (κ1) is 20.2. The number of para-hydroxylation sites is 1. The van der Waals surface area contributed by atoms with Gasteiger partial charge in [0.2, 0.25) is 5.91 Å². The topological polar surface area (TPSA) is 69.3 Å². The predicted octanol–water partition coefficient (Wildman–Crippen LogP) is 3.28. The number of aromatic amines is 1. The quantitative estimate of drug-likeness (QED) is 0.756. The van der Waals surface area contributed by atoms with E-state index in [0.29, 0.717) is 41.4 Å². The van der Waals surface area contributed by atoms with Crippen LogP contribution in [0.15, 0.2) is 40.7 Å². The van der Waals surface area contributed by atoms with Gasteiger partial charge in [0.05, 0.1) is 16.9 Å². The van der Waals surface area contributed by atoms with E-state index in [1.165, 1.54) is 37.8 Å². The molecule has 32 heavy (non-hydrogen) atoms. The number of benzene rings is 1. The maximum atomic E-state index is 13.4. The summed E-state index contributed by atoms with van der Waals surface area (Å²) < 4.78 is 0. The molecule has 1 amide bonds. The van der Waals surface area contributed by atoms with Crippen LogP contribution in [-0.4, -0.2) is 57.4 Å². The van der Waals surface area contributed by atoms with Gasteiger partial charge in [-0.15, -0.1) is 0 Å². The number of likely N-dealkylation sites (tertiary alicyclic amines) is 1. The Morgan fingerprint density at radius 1 is 1.16 bits per heavy atom. The second kappa shape index (κ2) is 8.14. The number of hydrogen-bond acceptors (Lipinski definition) is 4. The zero-order valence-electron chi connectivity index (χ0n) is 18.6. The Bertz CT molecular complexity index is 1120. The van der Waals surface area contributed by atoms with Crippen molar-refractivity contribution in [2.24, 2.45) is 11.8 Å². The molecule has 1 aromatic carbocycles. The van der Waals surface area contributed by atoms with Crippen LogP contribution >= 0.6 is 0 Å². The van der Waals surface area contributed by atoms with Crippen LogP contribution in [0.5, 0.6) is 0 Å². The summed E-state index contributed by atoms with van der Waals surface area (Å²) in [5.74, 6) is 2.06. The maximum absolute atomic E-state index is 13.4. The van der Waals surface area contributed by atoms with E-state index in [-0.39, 0.29) is 17.5 Å². The number of rotatable bonds is 3. The van der Waals surface area contributed by atoms with Crippen LogP contribution in [0.1, 0.15) is 50.8 Å². The monoisotopic (exact) mass is 432 g/mol. The zero-order chi connectivity index (χ0) is 21.7. The number of amides is 1. The Labute approximate surface area is 188 Å². The van der Waals surface area contributed by atoms with Crippen molar-refractivity contribution in [3.05, 3.63) is 52.1 Å². The predicted molar refractivity (Wildman–Crippen MR) is 124 cm³/mol. The molecule has 6 heteroatoms. The minimum absolute atomic E-state index is 0.127. The first-order valence-electron chi connectivity index (χ1n) is 12.4. The SMILES string of the molecule is O=C(CCc1nc2ccccc2c(=O)[nH]1)N1CCCC2=C[C@H]3CC(CN4CCCCC34)C21. The highest BCUT2D eigenvalue weighted by molar-refractivity contribution is 5.78. The summed E-state index contributed by atoms with van der Waals surface area (Å²) in [6.07, 6.45) is 10.9. The lowest BCUT2D eigenvalue weighted by Gasteiger charge is -2.54. The van der Waals surface area contributed by atoms with Crippen molar-refractivity contribution < 1.29 is 4.79 Å². The largest absolute Gasteiger partial charge is 0.336 e. The molecule has 1 aliphatic carbocycles. The van der Waals surface area contributed by atoms with Gasteiger partial charge >= 0.3 is 0 Å². The van der Waals surface area contributed by atoms with Crippen molar-refractivity contribution in [2.75, 3.05) is 19.6 Å². The normalized spacial score (nSPS) is 29.9. The highest BCUT2D eigenvalue weighted by Gasteiger charge is 2.46. The number of aryl methyl sites for hydroxylation is 1. The lowest BCUT2D eigenvalue weighted by Crippen LogP contribution is -2.60. The molecule has 6 nitrogen and oxygen atoms in total. The van der Waals surface area contributed by atoms with E-state index in [1.54, 1.807) is 6.07 Å². The first-order chi connectivity index (χ1) is 15.7. The minimum atomic E-state index is -0.127. The van der Waals surface area contributed by atoms with Gasteiger partial charge < -0.3 is 9.88 Å². The molecule has 6 rings (SSSR count). The fraction of sp³-hybridized carbons (Fsp3) is 0.577. The van der Waals surface area contributed by atoms with Gasteiger partial charge in [-0.1, -0.05) is 30.2 Å². The summed E-state index contributed by atoms with van der Waals surface area (Å²) >= 11 is 0. The Morgan fingerprint density at radius 2 is 2.06 bits per heavy atom. The molecule has 0 radical (unpaired) electrons. The highest BCUT2D eigenvalue weighted by Crippen LogP contribution is 2.45. The fourth-order valence-corrected chi connectivity index (χ4v) is 6.88. The molecule has 168 valence electrons. The summed E-state index contributed by atoms with van der Waals surface area (Å²) in [6.45, 7) is 3.22. The molecule has 3 saturated heterocycles. The van der Waals surface area contributed by atoms with Gasteiger partial charge in [0.15, 0.2) is 0 Å². The van der Waals surface area contributed by atoms with Crippen molar-refractivity contribution in [1.29, 1.82) is 0 Å². The minimum Gasteiger partial charge on any atom is -0.336 e. The average molecular weight is 433 g/mol. The Kier molecular flexibility index (Phi) is 5.13. The van der Waals surface area contributed by atoms with Crippen LogP contribution in [0.25, 0.3) is 10.9 Å². The van der Waals surface area contributed by atoms with Gasteiger partial charge in [0.1, 0.15) is 5.82 Å². The van der Waals surface area contributed by atoms with E-state index in [9.17, 15) is 9.59 Å². The summed E-state index contributed by atoms with van der Waals surface area (Å²) in [5.41, 5.74) is 2.09. The van der Waals surface area contributed by atoms with Crippen LogP contribution in [0.3, 0.4) is 0 Å². The Hall–Kier alpha value is -2.47.